The van der Waals surface area contributed by atoms with Gasteiger partial charge in [-0.1, -0.05) is 18.2 Å². The maximum Gasteiger partial charge on any atom is 0.416 e. The van der Waals surface area contributed by atoms with E-state index in [2.05, 4.69) is 4.98 Å². The predicted octanol–water partition coefficient (Wildman–Crippen LogP) is 5.78. The van der Waals surface area contributed by atoms with E-state index >= 15 is 0 Å². The number of para-hydroxylation sites is 1. The fraction of sp³-hybridized carbons (Fsp3) is 0.136. The Morgan fingerprint density at radius 1 is 0.857 bits per heavy atom. The fourth-order valence-corrected chi connectivity index (χ4v) is 3.20. The van der Waals surface area contributed by atoms with Crippen LogP contribution in [0.3, 0.4) is 0 Å². The summed E-state index contributed by atoms with van der Waals surface area (Å²) in [6.07, 6.45) is -4.40. The van der Waals surface area contributed by atoms with E-state index in [0.29, 0.717) is 16.9 Å². The molecular formula is C22H18F3N3. The van der Waals surface area contributed by atoms with Gasteiger partial charge < -0.3 is 4.90 Å². The number of imidazole rings is 1. The minimum atomic E-state index is -4.40. The van der Waals surface area contributed by atoms with Crippen molar-refractivity contribution >= 4 is 16.7 Å². The maximum absolute atomic E-state index is 13.1. The molecule has 0 bridgehead atoms. The molecule has 1 aromatic heterocycles. The standard InChI is InChI=1S/C22H18F3N3/c1-27(2)17-11-8-15(9-12-17)21-26-19-14-16(22(23,24)25)10-13-20(19)28(21)18-6-4-3-5-7-18/h3-14H,1-2H3. The smallest absolute Gasteiger partial charge is 0.378 e. The van der Waals surface area contributed by atoms with Crippen LogP contribution in [-0.4, -0.2) is 23.6 Å². The van der Waals surface area contributed by atoms with Crippen molar-refractivity contribution in [1.29, 1.82) is 0 Å². The summed E-state index contributed by atoms with van der Waals surface area (Å²) in [5, 5.41) is 0. The lowest BCUT2D eigenvalue weighted by Gasteiger charge is -2.13. The second-order valence-corrected chi connectivity index (χ2v) is 6.75. The van der Waals surface area contributed by atoms with Crippen molar-refractivity contribution in [2.45, 2.75) is 6.18 Å². The largest absolute Gasteiger partial charge is 0.416 e. The van der Waals surface area contributed by atoms with Crippen molar-refractivity contribution in [3.05, 3.63) is 78.4 Å². The topological polar surface area (TPSA) is 21.1 Å². The van der Waals surface area contributed by atoms with Crippen LogP contribution in [0.5, 0.6) is 0 Å². The van der Waals surface area contributed by atoms with Gasteiger partial charge in [0.25, 0.3) is 0 Å². The number of fused-ring (bicyclic) bond motifs is 1. The highest BCUT2D eigenvalue weighted by atomic mass is 19.4. The summed E-state index contributed by atoms with van der Waals surface area (Å²) >= 11 is 0. The Balaban J connectivity index is 1.96. The minimum Gasteiger partial charge on any atom is -0.378 e. The molecule has 0 aliphatic rings. The van der Waals surface area contributed by atoms with E-state index < -0.39 is 11.7 Å². The monoisotopic (exact) mass is 381 g/mol. The lowest BCUT2D eigenvalue weighted by molar-refractivity contribution is -0.137. The second-order valence-electron chi connectivity index (χ2n) is 6.75. The Kier molecular flexibility index (Phi) is 4.34. The number of hydrogen-bond acceptors (Lipinski definition) is 2. The van der Waals surface area contributed by atoms with E-state index in [-0.39, 0.29) is 0 Å². The highest BCUT2D eigenvalue weighted by molar-refractivity contribution is 5.84. The van der Waals surface area contributed by atoms with Crippen LogP contribution < -0.4 is 4.90 Å². The molecule has 0 saturated heterocycles. The van der Waals surface area contributed by atoms with Crippen molar-refractivity contribution in [3.8, 4) is 17.1 Å². The molecule has 0 aliphatic heterocycles. The van der Waals surface area contributed by atoms with Crippen molar-refractivity contribution < 1.29 is 13.2 Å². The molecule has 142 valence electrons. The summed E-state index contributed by atoms with van der Waals surface area (Å²) in [5.41, 5.74) is 2.95. The van der Waals surface area contributed by atoms with Gasteiger partial charge in [0.05, 0.1) is 16.6 Å². The maximum atomic E-state index is 13.1. The Morgan fingerprint density at radius 3 is 2.14 bits per heavy atom. The first-order valence-electron chi connectivity index (χ1n) is 8.77. The number of benzene rings is 3. The van der Waals surface area contributed by atoms with Crippen LogP contribution in [0.4, 0.5) is 18.9 Å². The summed E-state index contributed by atoms with van der Waals surface area (Å²) in [7, 11) is 3.90. The molecule has 4 rings (SSSR count). The number of aromatic nitrogens is 2. The molecule has 0 aliphatic carbocycles. The van der Waals surface area contributed by atoms with E-state index in [0.717, 1.165) is 29.1 Å². The molecule has 0 radical (unpaired) electrons. The van der Waals surface area contributed by atoms with Gasteiger partial charge in [-0.15, -0.1) is 0 Å². The molecule has 0 saturated carbocycles. The van der Waals surface area contributed by atoms with E-state index in [1.54, 1.807) is 0 Å². The number of rotatable bonds is 3. The average molecular weight is 381 g/mol. The van der Waals surface area contributed by atoms with Crippen LogP contribution in [0.15, 0.2) is 72.8 Å². The van der Waals surface area contributed by atoms with Crippen LogP contribution >= 0.6 is 0 Å². The van der Waals surface area contributed by atoms with Gasteiger partial charge in [0.15, 0.2) is 0 Å². The number of anilines is 1. The molecule has 3 aromatic carbocycles. The van der Waals surface area contributed by atoms with E-state index in [9.17, 15) is 13.2 Å². The van der Waals surface area contributed by atoms with Gasteiger partial charge >= 0.3 is 6.18 Å². The lowest BCUT2D eigenvalue weighted by atomic mass is 10.1. The third-order valence-corrected chi connectivity index (χ3v) is 4.64. The number of nitrogens with zero attached hydrogens (tertiary/aromatic N) is 3. The molecule has 1 heterocycles. The predicted molar refractivity (Wildman–Crippen MR) is 106 cm³/mol. The van der Waals surface area contributed by atoms with Crippen molar-refractivity contribution in [3.63, 3.8) is 0 Å². The molecule has 0 atom stereocenters. The van der Waals surface area contributed by atoms with Crippen LogP contribution in [0.2, 0.25) is 0 Å². The van der Waals surface area contributed by atoms with Gasteiger partial charge in [0.1, 0.15) is 5.82 Å². The Labute approximate surface area is 160 Å². The molecule has 0 unspecified atom stereocenters. The number of hydrogen-bond donors (Lipinski definition) is 0. The first-order chi connectivity index (χ1) is 13.3. The van der Waals surface area contributed by atoms with E-state index in [1.165, 1.54) is 6.07 Å². The van der Waals surface area contributed by atoms with Crippen molar-refractivity contribution in [2.24, 2.45) is 0 Å². The van der Waals surface area contributed by atoms with Crippen LogP contribution in [0, 0.1) is 0 Å². The molecular weight excluding hydrogens is 363 g/mol. The lowest BCUT2D eigenvalue weighted by Crippen LogP contribution is -2.08. The fourth-order valence-electron chi connectivity index (χ4n) is 3.20. The van der Waals surface area contributed by atoms with E-state index in [1.807, 2.05) is 78.2 Å². The minimum absolute atomic E-state index is 0.311. The van der Waals surface area contributed by atoms with Gasteiger partial charge in [-0.05, 0) is 54.6 Å². The number of alkyl halides is 3. The molecule has 0 spiro atoms. The molecule has 0 fully saturated rings. The van der Waals surface area contributed by atoms with Crippen molar-refractivity contribution in [2.75, 3.05) is 19.0 Å². The quantitative estimate of drug-likeness (QED) is 0.449. The van der Waals surface area contributed by atoms with E-state index in [4.69, 9.17) is 0 Å². The SMILES string of the molecule is CN(C)c1ccc(-c2nc3cc(C(F)(F)F)ccc3n2-c2ccccc2)cc1. The van der Waals surface area contributed by atoms with Gasteiger partial charge in [-0.2, -0.15) is 13.2 Å². The first kappa shape index (κ1) is 18.1. The Bertz CT molecular complexity index is 1110. The van der Waals surface area contributed by atoms with Crippen LogP contribution in [-0.2, 0) is 6.18 Å². The molecule has 0 N–H and O–H groups in total. The second kappa shape index (κ2) is 6.71. The summed E-state index contributed by atoms with van der Waals surface area (Å²) in [4.78, 5) is 6.54. The number of halogens is 3. The molecule has 3 nitrogen and oxygen atoms in total. The zero-order valence-electron chi connectivity index (χ0n) is 15.4. The van der Waals surface area contributed by atoms with Gasteiger partial charge in [0, 0.05) is 31.0 Å². The average Bonchev–Trinajstić information content (AvgIpc) is 3.06. The molecule has 0 amide bonds. The zero-order valence-corrected chi connectivity index (χ0v) is 15.4. The van der Waals surface area contributed by atoms with Gasteiger partial charge in [-0.3, -0.25) is 4.57 Å². The summed E-state index contributed by atoms with van der Waals surface area (Å²) in [6.45, 7) is 0. The summed E-state index contributed by atoms with van der Waals surface area (Å²) < 4.78 is 41.3. The van der Waals surface area contributed by atoms with Crippen LogP contribution in [0.1, 0.15) is 5.56 Å². The third kappa shape index (κ3) is 3.22. The van der Waals surface area contributed by atoms with Crippen LogP contribution in [0.25, 0.3) is 28.1 Å². The van der Waals surface area contributed by atoms with Gasteiger partial charge in [0.2, 0.25) is 0 Å². The Hall–Kier alpha value is -3.28. The highest BCUT2D eigenvalue weighted by Gasteiger charge is 2.31. The molecule has 6 heteroatoms. The normalized spacial score (nSPS) is 11.8. The highest BCUT2D eigenvalue weighted by Crippen LogP contribution is 2.34. The molecule has 28 heavy (non-hydrogen) atoms. The summed E-state index contributed by atoms with van der Waals surface area (Å²) in [6, 6.07) is 21.0. The zero-order chi connectivity index (χ0) is 19.9. The van der Waals surface area contributed by atoms with Crippen molar-refractivity contribution in [1.82, 2.24) is 9.55 Å². The van der Waals surface area contributed by atoms with Gasteiger partial charge in [-0.25, -0.2) is 4.98 Å². The first-order valence-corrected chi connectivity index (χ1v) is 8.77. The molecule has 4 aromatic rings. The third-order valence-electron chi connectivity index (χ3n) is 4.64. The Morgan fingerprint density at radius 2 is 1.54 bits per heavy atom. The summed E-state index contributed by atoms with van der Waals surface area (Å²) in [5.74, 6) is 0.603.